The van der Waals surface area contributed by atoms with Crippen molar-refractivity contribution in [2.24, 2.45) is 11.7 Å². The zero-order valence-corrected chi connectivity index (χ0v) is 19.4. The highest BCUT2D eigenvalue weighted by Crippen LogP contribution is 2.30. The van der Waals surface area contributed by atoms with Gasteiger partial charge in [-0.05, 0) is 48.6 Å². The van der Waals surface area contributed by atoms with Gasteiger partial charge in [0.05, 0.1) is 11.1 Å². The molecule has 34 heavy (non-hydrogen) atoms. The van der Waals surface area contributed by atoms with Crippen molar-refractivity contribution in [3.8, 4) is 0 Å². The second-order valence-corrected chi connectivity index (χ2v) is 9.16. The smallest absolute Gasteiger partial charge is 0.334 e. The molecule has 2 aromatic rings. The van der Waals surface area contributed by atoms with E-state index < -0.39 is 29.6 Å². The number of nitrogens with two attached hydrogens (primary N) is 1. The predicted molar refractivity (Wildman–Crippen MR) is 123 cm³/mol. The van der Waals surface area contributed by atoms with Gasteiger partial charge in [0.15, 0.2) is 0 Å². The molecule has 2 atom stereocenters. The van der Waals surface area contributed by atoms with Gasteiger partial charge >= 0.3 is 12.2 Å². The van der Waals surface area contributed by atoms with Crippen LogP contribution in [-0.2, 0) is 24.1 Å². The van der Waals surface area contributed by atoms with E-state index in [1.807, 2.05) is 31.2 Å². The summed E-state index contributed by atoms with van der Waals surface area (Å²) < 4.78 is 38.4. The summed E-state index contributed by atoms with van der Waals surface area (Å²) in [6, 6.07) is 11.1. The molecular weight excluding hydrogens is 447 g/mol. The molecule has 2 aromatic carbocycles. The molecular formula is C24H30F3N5O2. The second-order valence-electron chi connectivity index (χ2n) is 9.16. The molecule has 184 valence electrons. The summed E-state index contributed by atoms with van der Waals surface area (Å²) in [7, 11) is 0. The molecule has 0 saturated carbocycles. The van der Waals surface area contributed by atoms with E-state index in [4.69, 9.17) is 5.73 Å². The SMILES string of the molecule is CC(C)CC1(C)NC(N)N(Cc2ccc(CNC(=O)Nc3cccc(C(F)(F)F)c3)cc2)C1=O. The predicted octanol–water partition coefficient (Wildman–Crippen LogP) is 4.01. The number of hydrogen-bond acceptors (Lipinski definition) is 4. The van der Waals surface area contributed by atoms with Gasteiger partial charge in [0, 0.05) is 18.8 Å². The highest BCUT2D eigenvalue weighted by atomic mass is 19.4. The van der Waals surface area contributed by atoms with Gasteiger partial charge in [-0.2, -0.15) is 13.2 Å². The molecule has 0 aromatic heterocycles. The highest BCUT2D eigenvalue weighted by Gasteiger charge is 2.46. The Hall–Kier alpha value is -3.11. The van der Waals surface area contributed by atoms with Crippen LogP contribution < -0.4 is 21.7 Å². The molecule has 1 aliphatic heterocycles. The Bertz CT molecular complexity index is 1030. The summed E-state index contributed by atoms with van der Waals surface area (Å²) in [6.07, 6.45) is -4.37. The largest absolute Gasteiger partial charge is 0.416 e. The van der Waals surface area contributed by atoms with Crippen molar-refractivity contribution in [3.63, 3.8) is 0 Å². The first-order chi connectivity index (χ1) is 15.9. The molecule has 1 heterocycles. The number of hydrogen-bond donors (Lipinski definition) is 4. The van der Waals surface area contributed by atoms with Gasteiger partial charge in [-0.3, -0.25) is 15.8 Å². The number of nitrogens with zero attached hydrogens (tertiary/aromatic N) is 1. The Morgan fingerprint density at radius 3 is 2.44 bits per heavy atom. The lowest BCUT2D eigenvalue weighted by atomic mass is 9.91. The summed E-state index contributed by atoms with van der Waals surface area (Å²) in [6.45, 7) is 6.52. The van der Waals surface area contributed by atoms with Crippen LogP contribution in [0.3, 0.4) is 0 Å². The number of amides is 3. The van der Waals surface area contributed by atoms with E-state index in [1.54, 1.807) is 4.90 Å². The maximum atomic E-state index is 12.9. The monoisotopic (exact) mass is 477 g/mol. The van der Waals surface area contributed by atoms with E-state index in [0.29, 0.717) is 18.9 Å². The van der Waals surface area contributed by atoms with Gasteiger partial charge in [0.2, 0.25) is 5.91 Å². The summed E-state index contributed by atoms with van der Waals surface area (Å²) in [4.78, 5) is 26.6. The maximum absolute atomic E-state index is 12.9. The Morgan fingerprint density at radius 2 is 1.82 bits per heavy atom. The molecule has 5 N–H and O–H groups in total. The molecule has 3 amide bonds. The fraction of sp³-hybridized carbons (Fsp3) is 0.417. The standard InChI is InChI=1S/C24H30F3N5O2/c1-15(2)12-23(3)20(33)32(21(28)31-23)14-17-9-7-16(8-10-17)13-29-22(34)30-19-6-4-5-18(11-19)24(25,26)27/h4-11,15,21,31H,12-14,28H2,1-3H3,(H2,29,30,34). The minimum atomic E-state index is -4.48. The van der Waals surface area contributed by atoms with Crippen LogP contribution in [0.2, 0.25) is 0 Å². The van der Waals surface area contributed by atoms with Gasteiger partial charge in [-0.1, -0.05) is 44.2 Å². The van der Waals surface area contributed by atoms with Crippen LogP contribution in [0, 0.1) is 5.92 Å². The molecule has 1 saturated heterocycles. The zero-order chi connectivity index (χ0) is 25.1. The topological polar surface area (TPSA) is 99.5 Å². The Kier molecular flexibility index (Phi) is 7.52. The average Bonchev–Trinajstić information content (AvgIpc) is 2.95. The van der Waals surface area contributed by atoms with Crippen molar-refractivity contribution in [2.75, 3.05) is 5.32 Å². The van der Waals surface area contributed by atoms with Crippen LogP contribution in [0.15, 0.2) is 48.5 Å². The molecule has 7 nitrogen and oxygen atoms in total. The van der Waals surface area contributed by atoms with Crippen LogP contribution >= 0.6 is 0 Å². The Morgan fingerprint density at radius 1 is 1.18 bits per heavy atom. The van der Waals surface area contributed by atoms with Gasteiger partial charge in [0.25, 0.3) is 0 Å². The summed E-state index contributed by atoms with van der Waals surface area (Å²) in [5, 5.41) is 8.21. The van der Waals surface area contributed by atoms with E-state index >= 15 is 0 Å². The van der Waals surface area contributed by atoms with Gasteiger partial charge in [0.1, 0.15) is 6.29 Å². The summed E-state index contributed by atoms with van der Waals surface area (Å²) >= 11 is 0. The number of benzene rings is 2. The lowest BCUT2D eigenvalue weighted by Gasteiger charge is -2.24. The maximum Gasteiger partial charge on any atom is 0.416 e. The third kappa shape index (κ3) is 6.27. The van der Waals surface area contributed by atoms with Crippen molar-refractivity contribution < 1.29 is 22.8 Å². The number of alkyl halides is 3. The zero-order valence-electron chi connectivity index (χ0n) is 19.4. The Balaban J connectivity index is 1.53. The molecule has 3 rings (SSSR count). The molecule has 0 radical (unpaired) electrons. The van der Waals surface area contributed by atoms with E-state index in [0.717, 1.165) is 23.3 Å². The van der Waals surface area contributed by atoms with Crippen LogP contribution in [0.25, 0.3) is 0 Å². The van der Waals surface area contributed by atoms with Crippen molar-refractivity contribution in [1.29, 1.82) is 0 Å². The van der Waals surface area contributed by atoms with E-state index in [2.05, 4.69) is 29.8 Å². The average molecular weight is 478 g/mol. The fourth-order valence-corrected chi connectivity index (χ4v) is 4.13. The minimum absolute atomic E-state index is 0.0364. The highest BCUT2D eigenvalue weighted by molar-refractivity contribution is 5.89. The number of anilines is 1. The fourth-order valence-electron chi connectivity index (χ4n) is 4.13. The first-order valence-corrected chi connectivity index (χ1v) is 11.0. The van der Waals surface area contributed by atoms with Crippen LogP contribution in [-0.4, -0.2) is 28.7 Å². The molecule has 1 aliphatic rings. The van der Waals surface area contributed by atoms with E-state index in [9.17, 15) is 22.8 Å². The van der Waals surface area contributed by atoms with Crippen molar-refractivity contribution >= 4 is 17.6 Å². The van der Waals surface area contributed by atoms with Crippen LogP contribution in [0.4, 0.5) is 23.7 Å². The van der Waals surface area contributed by atoms with Crippen molar-refractivity contribution in [1.82, 2.24) is 15.5 Å². The van der Waals surface area contributed by atoms with E-state index in [1.165, 1.54) is 12.1 Å². The number of urea groups is 1. The molecule has 1 fully saturated rings. The number of carbonyl (C=O) groups excluding carboxylic acids is 2. The number of carbonyl (C=O) groups is 2. The molecule has 0 bridgehead atoms. The molecule has 0 spiro atoms. The molecule has 2 unspecified atom stereocenters. The first-order valence-electron chi connectivity index (χ1n) is 11.0. The summed E-state index contributed by atoms with van der Waals surface area (Å²) in [5.41, 5.74) is 6.36. The van der Waals surface area contributed by atoms with Gasteiger partial charge < -0.3 is 15.5 Å². The molecule has 0 aliphatic carbocycles. The lowest BCUT2D eigenvalue weighted by molar-refractivity contribution is -0.137. The number of rotatable bonds is 7. The quantitative estimate of drug-likeness (QED) is 0.484. The van der Waals surface area contributed by atoms with Gasteiger partial charge in [-0.25, -0.2) is 4.79 Å². The van der Waals surface area contributed by atoms with Crippen molar-refractivity contribution in [2.45, 2.75) is 58.3 Å². The van der Waals surface area contributed by atoms with E-state index in [-0.39, 0.29) is 18.1 Å². The number of nitrogens with one attached hydrogen (secondary N) is 3. The summed E-state index contributed by atoms with van der Waals surface area (Å²) in [5.74, 6) is 0.303. The van der Waals surface area contributed by atoms with Crippen LogP contribution in [0.1, 0.15) is 43.9 Å². The van der Waals surface area contributed by atoms with Gasteiger partial charge in [-0.15, -0.1) is 0 Å². The second kappa shape index (κ2) is 10.0. The third-order valence-electron chi connectivity index (χ3n) is 5.63. The van der Waals surface area contributed by atoms with Crippen LogP contribution in [0.5, 0.6) is 0 Å². The Labute approximate surface area is 196 Å². The minimum Gasteiger partial charge on any atom is -0.334 e. The molecule has 10 heteroatoms. The van der Waals surface area contributed by atoms with Crippen molar-refractivity contribution in [3.05, 3.63) is 65.2 Å². The third-order valence-corrected chi connectivity index (χ3v) is 5.63. The lowest BCUT2D eigenvalue weighted by Crippen LogP contribution is -2.48. The number of halogens is 3. The normalized spacial score (nSPS) is 20.6. The first kappa shape index (κ1) is 25.5.